The standard InChI is InChI=1S/C9H17OS/c1-8(2)7-11-9-3-5-10-6-4-9/h8-9H,1,3-7H2,2H3. The van der Waals surface area contributed by atoms with Gasteiger partial charge in [0.2, 0.25) is 0 Å². The Morgan fingerprint density at radius 2 is 2.18 bits per heavy atom. The molecule has 0 spiro atoms. The largest absolute Gasteiger partial charge is 0.381 e. The van der Waals surface area contributed by atoms with Crippen LogP contribution in [-0.2, 0) is 4.74 Å². The van der Waals surface area contributed by atoms with Crippen molar-refractivity contribution in [2.75, 3.05) is 19.0 Å². The molecule has 2 heteroatoms. The smallest absolute Gasteiger partial charge is 0.0476 e. The van der Waals surface area contributed by atoms with E-state index < -0.39 is 0 Å². The van der Waals surface area contributed by atoms with E-state index in [0.29, 0.717) is 5.92 Å². The Morgan fingerprint density at radius 1 is 1.55 bits per heavy atom. The summed E-state index contributed by atoms with van der Waals surface area (Å²) in [6.07, 6.45) is 2.47. The van der Waals surface area contributed by atoms with Crippen LogP contribution < -0.4 is 0 Å². The highest BCUT2D eigenvalue weighted by molar-refractivity contribution is 7.99. The molecule has 1 radical (unpaired) electrons. The average Bonchev–Trinajstić information content (AvgIpc) is 2.03. The third kappa shape index (κ3) is 4.02. The van der Waals surface area contributed by atoms with E-state index in [4.69, 9.17) is 4.74 Å². The first-order valence-electron chi connectivity index (χ1n) is 4.31. The topological polar surface area (TPSA) is 9.23 Å². The Bertz CT molecular complexity index is 97.7. The quantitative estimate of drug-likeness (QED) is 0.648. The maximum absolute atomic E-state index is 5.28. The molecule has 1 aliphatic heterocycles. The number of hydrogen-bond donors (Lipinski definition) is 0. The molecule has 1 atom stereocenters. The molecule has 0 saturated carbocycles. The number of hydrogen-bond acceptors (Lipinski definition) is 2. The van der Waals surface area contributed by atoms with E-state index in [1.54, 1.807) is 0 Å². The SMILES string of the molecule is [CH2]C(C)CSC1CCOCC1. The zero-order valence-electron chi connectivity index (χ0n) is 7.21. The summed E-state index contributed by atoms with van der Waals surface area (Å²) >= 11 is 2.06. The van der Waals surface area contributed by atoms with Crippen LogP contribution in [0.3, 0.4) is 0 Å². The van der Waals surface area contributed by atoms with Crippen molar-refractivity contribution in [1.82, 2.24) is 0 Å². The van der Waals surface area contributed by atoms with E-state index >= 15 is 0 Å². The fourth-order valence-electron chi connectivity index (χ4n) is 1.14. The molecule has 11 heavy (non-hydrogen) atoms. The molecular weight excluding hydrogens is 156 g/mol. The second-order valence-corrected chi connectivity index (χ2v) is 4.58. The molecule has 1 saturated heterocycles. The van der Waals surface area contributed by atoms with Crippen LogP contribution in [0.25, 0.3) is 0 Å². The van der Waals surface area contributed by atoms with Gasteiger partial charge >= 0.3 is 0 Å². The summed E-state index contributed by atoms with van der Waals surface area (Å²) in [4.78, 5) is 0. The Morgan fingerprint density at radius 3 is 2.73 bits per heavy atom. The molecule has 0 bridgehead atoms. The van der Waals surface area contributed by atoms with E-state index in [1.807, 2.05) is 0 Å². The van der Waals surface area contributed by atoms with Gasteiger partial charge in [0, 0.05) is 18.5 Å². The Kier molecular flexibility index (Phi) is 4.31. The predicted octanol–water partition coefficient (Wildman–Crippen LogP) is 2.37. The Balaban J connectivity index is 2.05. The van der Waals surface area contributed by atoms with Gasteiger partial charge in [0.15, 0.2) is 0 Å². The van der Waals surface area contributed by atoms with Gasteiger partial charge in [-0.3, -0.25) is 0 Å². The molecule has 1 aliphatic rings. The van der Waals surface area contributed by atoms with Crippen molar-refractivity contribution < 1.29 is 4.74 Å². The first-order valence-corrected chi connectivity index (χ1v) is 5.36. The summed E-state index contributed by atoms with van der Waals surface area (Å²) < 4.78 is 5.28. The second-order valence-electron chi connectivity index (χ2n) is 3.25. The van der Waals surface area contributed by atoms with Crippen molar-refractivity contribution >= 4 is 11.8 Å². The fourth-order valence-corrected chi connectivity index (χ4v) is 2.27. The molecule has 0 amide bonds. The third-order valence-electron chi connectivity index (χ3n) is 1.78. The van der Waals surface area contributed by atoms with Gasteiger partial charge in [-0.05, 0) is 31.4 Å². The lowest BCUT2D eigenvalue weighted by Crippen LogP contribution is -2.18. The molecule has 0 aromatic rings. The number of ether oxygens (including phenoxy) is 1. The average molecular weight is 173 g/mol. The van der Waals surface area contributed by atoms with Crippen molar-refractivity contribution in [1.29, 1.82) is 0 Å². The lowest BCUT2D eigenvalue weighted by atomic mass is 10.2. The normalized spacial score (nSPS) is 21.0. The molecule has 0 aromatic carbocycles. The van der Waals surface area contributed by atoms with Gasteiger partial charge in [-0.15, -0.1) is 0 Å². The number of thioether (sulfide) groups is 1. The second kappa shape index (κ2) is 5.04. The number of rotatable bonds is 3. The van der Waals surface area contributed by atoms with Gasteiger partial charge in [0.05, 0.1) is 0 Å². The fraction of sp³-hybridized carbons (Fsp3) is 0.889. The first kappa shape index (κ1) is 9.40. The van der Waals surface area contributed by atoms with Crippen molar-refractivity contribution in [3.8, 4) is 0 Å². The van der Waals surface area contributed by atoms with Crippen LogP contribution in [0.15, 0.2) is 0 Å². The van der Waals surface area contributed by atoms with Gasteiger partial charge in [0.25, 0.3) is 0 Å². The van der Waals surface area contributed by atoms with Crippen LogP contribution in [0.4, 0.5) is 0 Å². The zero-order chi connectivity index (χ0) is 8.10. The van der Waals surface area contributed by atoms with E-state index in [9.17, 15) is 0 Å². The van der Waals surface area contributed by atoms with E-state index in [2.05, 4.69) is 25.6 Å². The lowest BCUT2D eigenvalue weighted by molar-refractivity contribution is 0.1000. The lowest BCUT2D eigenvalue weighted by Gasteiger charge is -2.21. The highest BCUT2D eigenvalue weighted by Crippen LogP contribution is 2.23. The Hall–Kier alpha value is 0.310. The van der Waals surface area contributed by atoms with Crippen LogP contribution in [-0.4, -0.2) is 24.2 Å². The van der Waals surface area contributed by atoms with Gasteiger partial charge < -0.3 is 4.74 Å². The minimum atomic E-state index is 0.586. The molecule has 1 nitrogen and oxygen atoms in total. The Labute approximate surface area is 73.9 Å². The minimum absolute atomic E-state index is 0.586. The monoisotopic (exact) mass is 173 g/mol. The minimum Gasteiger partial charge on any atom is -0.381 e. The van der Waals surface area contributed by atoms with E-state index in [0.717, 1.165) is 18.5 Å². The van der Waals surface area contributed by atoms with Gasteiger partial charge in [-0.25, -0.2) is 0 Å². The summed E-state index contributed by atoms with van der Waals surface area (Å²) in [7, 11) is 0. The molecule has 0 N–H and O–H groups in total. The molecule has 1 unspecified atom stereocenters. The molecule has 0 aliphatic carbocycles. The van der Waals surface area contributed by atoms with Crippen molar-refractivity contribution in [2.45, 2.75) is 25.0 Å². The van der Waals surface area contributed by atoms with Gasteiger partial charge in [-0.1, -0.05) is 6.92 Å². The zero-order valence-corrected chi connectivity index (χ0v) is 8.03. The van der Waals surface area contributed by atoms with Gasteiger partial charge in [-0.2, -0.15) is 11.8 Å². The maximum atomic E-state index is 5.28. The molecule has 1 heterocycles. The maximum Gasteiger partial charge on any atom is 0.0476 e. The van der Waals surface area contributed by atoms with Crippen molar-refractivity contribution in [3.05, 3.63) is 6.92 Å². The molecule has 1 fully saturated rings. The predicted molar refractivity (Wildman–Crippen MR) is 50.8 cm³/mol. The summed E-state index contributed by atoms with van der Waals surface area (Å²) in [5, 5.41) is 0.841. The summed E-state index contributed by atoms with van der Waals surface area (Å²) in [5.74, 6) is 1.79. The summed E-state index contributed by atoms with van der Waals surface area (Å²) in [5.41, 5.74) is 0. The van der Waals surface area contributed by atoms with Crippen molar-refractivity contribution in [3.63, 3.8) is 0 Å². The van der Waals surface area contributed by atoms with Crippen molar-refractivity contribution in [2.24, 2.45) is 5.92 Å². The molecule has 65 valence electrons. The van der Waals surface area contributed by atoms with Crippen LogP contribution in [0, 0.1) is 12.8 Å². The van der Waals surface area contributed by atoms with Crippen LogP contribution in [0.1, 0.15) is 19.8 Å². The molecule has 1 rings (SSSR count). The van der Waals surface area contributed by atoms with Crippen LogP contribution in [0.5, 0.6) is 0 Å². The van der Waals surface area contributed by atoms with Gasteiger partial charge in [0.1, 0.15) is 0 Å². The highest BCUT2D eigenvalue weighted by Gasteiger charge is 2.13. The highest BCUT2D eigenvalue weighted by atomic mass is 32.2. The van der Waals surface area contributed by atoms with Crippen LogP contribution >= 0.6 is 11.8 Å². The first-order chi connectivity index (χ1) is 5.29. The molecular formula is C9H17OS. The van der Waals surface area contributed by atoms with Crippen LogP contribution in [0.2, 0.25) is 0 Å². The summed E-state index contributed by atoms with van der Waals surface area (Å²) in [6.45, 7) is 8.07. The third-order valence-corrected chi connectivity index (χ3v) is 3.49. The van der Waals surface area contributed by atoms with E-state index in [-0.39, 0.29) is 0 Å². The van der Waals surface area contributed by atoms with E-state index in [1.165, 1.54) is 18.6 Å². The molecule has 0 aromatic heterocycles. The summed E-state index contributed by atoms with van der Waals surface area (Å²) in [6, 6.07) is 0.